The number of carbonyl (C=O) groups is 2. The van der Waals surface area contributed by atoms with Crippen molar-refractivity contribution in [2.45, 2.75) is 13.0 Å². The molecule has 0 unspecified atom stereocenters. The summed E-state index contributed by atoms with van der Waals surface area (Å²) in [5.74, 6) is -0.156. The quantitative estimate of drug-likeness (QED) is 0.177. The molecule has 0 atom stereocenters. The molecule has 0 aliphatic rings. The third-order valence-corrected chi connectivity index (χ3v) is 4.91. The van der Waals surface area contributed by atoms with E-state index in [1.54, 1.807) is 6.07 Å². The van der Waals surface area contributed by atoms with E-state index in [-0.39, 0.29) is 23.6 Å². The molecule has 3 aromatic carbocycles. The monoisotopic (exact) mass is 473 g/mol. The summed E-state index contributed by atoms with van der Waals surface area (Å²) in [5.41, 5.74) is 1.50. The summed E-state index contributed by atoms with van der Waals surface area (Å²) in [6, 6.07) is 18.2. The van der Waals surface area contributed by atoms with E-state index in [0.29, 0.717) is 17.1 Å². The number of carbonyl (C=O) groups excluding carboxylic acids is 2. The number of nitrogens with zero attached hydrogens (tertiary/aromatic N) is 1. The van der Waals surface area contributed by atoms with Crippen LogP contribution in [0.5, 0.6) is 17.2 Å². The molecule has 8 heteroatoms. The second-order valence-electron chi connectivity index (χ2n) is 7.45. The number of ether oxygens (including phenoxy) is 2. The fourth-order valence-corrected chi connectivity index (χ4v) is 3.16. The second kappa shape index (κ2) is 11.9. The summed E-state index contributed by atoms with van der Waals surface area (Å²) in [7, 11) is 1.43. The number of benzene rings is 3. The molecular formula is C27H23NO7. The number of aromatic hydroxyl groups is 1. The number of rotatable bonds is 11. The molecule has 1 N–H and O–H groups in total. The number of phenolic OH excluding ortho intramolecular Hbond substituents is 1. The van der Waals surface area contributed by atoms with E-state index >= 15 is 0 Å². The highest BCUT2D eigenvalue weighted by Gasteiger charge is 2.14. The summed E-state index contributed by atoms with van der Waals surface area (Å²) in [4.78, 5) is 35.3. The van der Waals surface area contributed by atoms with E-state index in [4.69, 9.17) is 9.47 Å². The smallest absolute Gasteiger partial charge is 0.276 e. The Morgan fingerprint density at radius 2 is 1.63 bits per heavy atom. The van der Waals surface area contributed by atoms with Crippen molar-refractivity contribution in [1.82, 2.24) is 0 Å². The van der Waals surface area contributed by atoms with Crippen molar-refractivity contribution in [1.29, 1.82) is 0 Å². The van der Waals surface area contributed by atoms with Crippen molar-refractivity contribution in [2.75, 3.05) is 7.11 Å². The molecule has 0 heterocycles. The Labute approximate surface area is 201 Å². The van der Waals surface area contributed by atoms with Gasteiger partial charge >= 0.3 is 0 Å². The molecule has 0 aromatic heterocycles. The van der Waals surface area contributed by atoms with Gasteiger partial charge in [0.2, 0.25) is 0 Å². The van der Waals surface area contributed by atoms with Gasteiger partial charge in [-0.15, -0.1) is 0 Å². The van der Waals surface area contributed by atoms with Crippen molar-refractivity contribution in [3.05, 3.63) is 106 Å². The summed E-state index contributed by atoms with van der Waals surface area (Å²) in [5, 5.41) is 20.9. The minimum Gasteiger partial charge on any atom is -0.508 e. The highest BCUT2D eigenvalue weighted by Crippen LogP contribution is 2.27. The van der Waals surface area contributed by atoms with Crippen LogP contribution in [-0.4, -0.2) is 28.7 Å². The first kappa shape index (κ1) is 24.9. The van der Waals surface area contributed by atoms with Gasteiger partial charge in [-0.25, -0.2) is 0 Å². The molecule has 8 nitrogen and oxygen atoms in total. The minimum absolute atomic E-state index is 0.0225. The molecule has 3 aromatic rings. The van der Waals surface area contributed by atoms with E-state index in [9.17, 15) is 24.8 Å². The van der Waals surface area contributed by atoms with Crippen LogP contribution in [0.1, 0.15) is 23.1 Å². The average Bonchev–Trinajstić information content (AvgIpc) is 2.85. The number of hydrogen-bond donors (Lipinski definition) is 1. The number of hydrogen-bond acceptors (Lipinski definition) is 7. The summed E-state index contributed by atoms with van der Waals surface area (Å²) >= 11 is 0. The Balaban J connectivity index is 1.66. The third kappa shape index (κ3) is 7.40. The average molecular weight is 473 g/mol. The third-order valence-electron chi connectivity index (χ3n) is 4.91. The summed E-state index contributed by atoms with van der Waals surface area (Å²) in [6.45, 7) is 0.285. The fraction of sp³-hybridized carbons (Fsp3) is 0.111. The van der Waals surface area contributed by atoms with Gasteiger partial charge in [-0.3, -0.25) is 19.7 Å². The molecule has 0 amide bonds. The van der Waals surface area contributed by atoms with Crippen LogP contribution in [0.4, 0.5) is 5.69 Å². The number of phenols is 1. The highest BCUT2D eigenvalue weighted by atomic mass is 16.6. The molecule has 0 radical (unpaired) electrons. The van der Waals surface area contributed by atoms with Gasteiger partial charge in [0.1, 0.15) is 23.9 Å². The zero-order valence-corrected chi connectivity index (χ0v) is 18.9. The molecule has 0 aliphatic heterocycles. The predicted molar refractivity (Wildman–Crippen MR) is 131 cm³/mol. The zero-order valence-electron chi connectivity index (χ0n) is 18.9. The van der Waals surface area contributed by atoms with Crippen LogP contribution < -0.4 is 9.47 Å². The highest BCUT2D eigenvalue weighted by molar-refractivity contribution is 6.11. The molecule has 3 rings (SSSR count). The largest absolute Gasteiger partial charge is 0.508 e. The standard InChI is InChI=1S/C27H23NO7/c1-34-27-17-24(31)11-8-20(27)7-10-22(29)16-23(30)12-9-21-15-25(13-14-26(21)28(32)33)35-18-19-5-3-2-4-6-19/h2-15,17,31H,16,18H2,1H3/b10-7+,12-9+. The van der Waals surface area contributed by atoms with Gasteiger partial charge in [-0.1, -0.05) is 30.3 Å². The lowest BCUT2D eigenvalue weighted by atomic mass is 10.1. The molecule has 0 aliphatic carbocycles. The first-order valence-corrected chi connectivity index (χ1v) is 10.6. The van der Waals surface area contributed by atoms with Gasteiger partial charge in [0.15, 0.2) is 11.6 Å². The predicted octanol–water partition coefficient (Wildman–Crippen LogP) is 5.14. The fourth-order valence-electron chi connectivity index (χ4n) is 3.16. The van der Waals surface area contributed by atoms with Gasteiger partial charge < -0.3 is 14.6 Å². The Morgan fingerprint density at radius 1 is 0.943 bits per heavy atom. The van der Waals surface area contributed by atoms with Gasteiger partial charge in [0.05, 0.1) is 24.0 Å². The molecule has 0 fully saturated rings. The maximum atomic E-state index is 12.3. The van der Waals surface area contributed by atoms with Crippen molar-refractivity contribution in [3.8, 4) is 17.2 Å². The number of allylic oxidation sites excluding steroid dienone is 2. The lowest BCUT2D eigenvalue weighted by Crippen LogP contribution is -2.02. The molecule has 0 saturated heterocycles. The van der Waals surface area contributed by atoms with E-state index < -0.39 is 22.9 Å². The van der Waals surface area contributed by atoms with Crippen LogP contribution in [0.2, 0.25) is 0 Å². The lowest BCUT2D eigenvalue weighted by Gasteiger charge is -2.07. The van der Waals surface area contributed by atoms with Crippen LogP contribution in [0, 0.1) is 10.1 Å². The van der Waals surface area contributed by atoms with Gasteiger partial charge in [-0.05, 0) is 54.1 Å². The molecule has 0 saturated carbocycles. The Morgan fingerprint density at radius 3 is 2.29 bits per heavy atom. The first-order valence-electron chi connectivity index (χ1n) is 10.6. The normalized spacial score (nSPS) is 11.0. The van der Waals surface area contributed by atoms with Gasteiger partial charge in [0, 0.05) is 17.7 Å². The summed E-state index contributed by atoms with van der Waals surface area (Å²) in [6.07, 6.45) is 4.74. The minimum atomic E-state index is -0.552. The molecule has 35 heavy (non-hydrogen) atoms. The van der Waals surface area contributed by atoms with E-state index in [2.05, 4.69) is 0 Å². The van der Waals surface area contributed by atoms with Crippen LogP contribution in [0.15, 0.2) is 78.9 Å². The Kier molecular flexibility index (Phi) is 8.50. The maximum Gasteiger partial charge on any atom is 0.276 e. The van der Waals surface area contributed by atoms with Crippen LogP contribution in [-0.2, 0) is 16.2 Å². The number of nitro groups is 1. The van der Waals surface area contributed by atoms with E-state index in [1.165, 1.54) is 55.7 Å². The Bertz CT molecular complexity index is 1280. The molecular weight excluding hydrogens is 450 g/mol. The van der Waals surface area contributed by atoms with Crippen LogP contribution in [0.3, 0.4) is 0 Å². The zero-order chi connectivity index (χ0) is 25.2. The van der Waals surface area contributed by atoms with Crippen molar-refractivity contribution in [2.24, 2.45) is 0 Å². The summed E-state index contributed by atoms with van der Waals surface area (Å²) < 4.78 is 10.9. The molecule has 0 bridgehead atoms. The van der Waals surface area contributed by atoms with Crippen LogP contribution >= 0.6 is 0 Å². The van der Waals surface area contributed by atoms with Gasteiger partial charge in [0.25, 0.3) is 5.69 Å². The number of ketones is 2. The van der Waals surface area contributed by atoms with Crippen molar-refractivity contribution < 1.29 is 29.1 Å². The van der Waals surface area contributed by atoms with Crippen molar-refractivity contribution >= 4 is 29.4 Å². The molecule has 178 valence electrons. The number of methoxy groups -OCH3 is 1. The topological polar surface area (TPSA) is 116 Å². The second-order valence-corrected chi connectivity index (χ2v) is 7.45. The molecule has 0 spiro atoms. The van der Waals surface area contributed by atoms with E-state index in [0.717, 1.165) is 11.6 Å². The van der Waals surface area contributed by atoms with Crippen LogP contribution in [0.25, 0.3) is 12.2 Å². The maximum absolute atomic E-state index is 12.3. The van der Waals surface area contributed by atoms with Gasteiger partial charge in [-0.2, -0.15) is 0 Å². The number of nitro benzene ring substituents is 1. The van der Waals surface area contributed by atoms with Crippen molar-refractivity contribution in [3.63, 3.8) is 0 Å². The SMILES string of the molecule is COc1cc(O)ccc1/C=C/C(=O)CC(=O)/C=C/c1cc(OCc2ccccc2)ccc1[N+](=O)[O-]. The lowest BCUT2D eigenvalue weighted by molar-refractivity contribution is -0.385. The first-order chi connectivity index (χ1) is 16.9. The Hall–Kier alpha value is -4.72. The van der Waals surface area contributed by atoms with E-state index in [1.807, 2.05) is 30.3 Å².